The van der Waals surface area contributed by atoms with Gasteiger partial charge in [-0.2, -0.15) is 4.98 Å². The van der Waals surface area contributed by atoms with Gasteiger partial charge >= 0.3 is 5.97 Å². The molecule has 0 radical (unpaired) electrons. The van der Waals surface area contributed by atoms with E-state index in [9.17, 15) is 9.90 Å². The summed E-state index contributed by atoms with van der Waals surface area (Å²) in [4.78, 5) is 25.1. The van der Waals surface area contributed by atoms with E-state index in [0.717, 1.165) is 42.2 Å². The molecule has 9 heteroatoms. The largest absolute Gasteiger partial charge is 0.495 e. The van der Waals surface area contributed by atoms with E-state index in [1.54, 1.807) is 13.3 Å². The van der Waals surface area contributed by atoms with Gasteiger partial charge in [-0.25, -0.2) is 4.98 Å². The average molecular weight is 494 g/mol. The summed E-state index contributed by atoms with van der Waals surface area (Å²) in [5.74, 6) is 0.804. The average Bonchev–Trinajstić information content (AvgIpc) is 3.11. The molecule has 1 aromatic heterocycles. The maximum Gasteiger partial charge on any atom is 0.304 e. The van der Waals surface area contributed by atoms with E-state index >= 15 is 0 Å². The van der Waals surface area contributed by atoms with Crippen molar-refractivity contribution < 1.29 is 14.6 Å². The zero-order valence-corrected chi connectivity index (χ0v) is 20.8. The molecule has 0 aliphatic carbocycles. The van der Waals surface area contributed by atoms with Crippen molar-refractivity contribution in [3.8, 4) is 5.75 Å². The van der Waals surface area contributed by atoms with Crippen LogP contribution in [0.2, 0.25) is 5.02 Å². The highest BCUT2D eigenvalue weighted by molar-refractivity contribution is 6.33. The number of rotatable bonds is 6. The van der Waals surface area contributed by atoms with Crippen LogP contribution in [0.4, 0.5) is 23.1 Å². The van der Waals surface area contributed by atoms with Crippen LogP contribution in [0.3, 0.4) is 0 Å². The fourth-order valence-electron chi connectivity index (χ4n) is 5.14. The Kier molecular flexibility index (Phi) is 6.02. The number of carbonyl (C=O) groups is 1. The molecule has 2 N–H and O–H groups in total. The highest BCUT2D eigenvalue weighted by atomic mass is 35.5. The van der Waals surface area contributed by atoms with Gasteiger partial charge in [-0.05, 0) is 48.4 Å². The van der Waals surface area contributed by atoms with Gasteiger partial charge in [-0.1, -0.05) is 36.7 Å². The van der Waals surface area contributed by atoms with Gasteiger partial charge in [0.05, 0.1) is 25.4 Å². The van der Waals surface area contributed by atoms with E-state index in [-0.39, 0.29) is 6.42 Å². The van der Waals surface area contributed by atoms with Crippen molar-refractivity contribution in [3.63, 3.8) is 0 Å². The molecule has 0 bridgehead atoms. The second-order valence-corrected chi connectivity index (χ2v) is 9.94. The second-order valence-electron chi connectivity index (χ2n) is 9.53. The summed E-state index contributed by atoms with van der Waals surface area (Å²) in [6, 6.07) is 12.0. The summed E-state index contributed by atoms with van der Waals surface area (Å²) in [7, 11) is 3.77. The third-order valence-corrected chi connectivity index (χ3v) is 7.11. The molecule has 1 atom stereocenters. The Bertz CT molecular complexity index is 1300. The first-order valence-corrected chi connectivity index (χ1v) is 11.9. The number of nitrogens with one attached hydrogen (secondary N) is 1. The maximum atomic E-state index is 11.6. The second kappa shape index (κ2) is 9.02. The number of methoxy groups -OCH3 is 1. The first-order chi connectivity index (χ1) is 16.8. The molecule has 182 valence electrons. The predicted octanol–water partition coefficient (Wildman–Crippen LogP) is 4.75. The van der Waals surface area contributed by atoms with Crippen molar-refractivity contribution in [1.82, 2.24) is 14.9 Å². The molecule has 2 aliphatic rings. The van der Waals surface area contributed by atoms with Crippen LogP contribution in [0.25, 0.3) is 0 Å². The van der Waals surface area contributed by atoms with Crippen LogP contribution in [0.5, 0.6) is 5.75 Å². The number of hydrogen-bond donors (Lipinski definition) is 2. The van der Waals surface area contributed by atoms with Crippen molar-refractivity contribution in [3.05, 3.63) is 64.3 Å². The number of ether oxygens (including phenoxy) is 1. The van der Waals surface area contributed by atoms with Crippen molar-refractivity contribution in [2.75, 3.05) is 37.5 Å². The summed E-state index contributed by atoms with van der Waals surface area (Å²) in [5.41, 5.74) is 4.61. The number of nitrogens with zero attached hydrogens (tertiary/aromatic N) is 4. The summed E-state index contributed by atoms with van der Waals surface area (Å²) >= 11 is 6.57. The van der Waals surface area contributed by atoms with Gasteiger partial charge in [-0.3, -0.25) is 4.79 Å². The Morgan fingerprint density at radius 1 is 1.29 bits per heavy atom. The lowest BCUT2D eigenvalue weighted by molar-refractivity contribution is -0.138. The molecule has 3 heterocycles. The number of carboxylic acid groups (broad SMARTS) is 1. The normalized spacial score (nSPS) is 19.3. The fraction of sp³-hybridized carbons (Fsp3) is 0.346. The van der Waals surface area contributed by atoms with Crippen LogP contribution in [-0.2, 0) is 23.2 Å². The topological polar surface area (TPSA) is 90.8 Å². The lowest BCUT2D eigenvalue weighted by Gasteiger charge is -2.26. The van der Waals surface area contributed by atoms with Crippen LogP contribution in [-0.4, -0.2) is 53.2 Å². The van der Waals surface area contributed by atoms with Gasteiger partial charge in [-0.15, -0.1) is 0 Å². The van der Waals surface area contributed by atoms with Crippen molar-refractivity contribution in [2.24, 2.45) is 0 Å². The summed E-state index contributed by atoms with van der Waals surface area (Å²) < 4.78 is 5.65. The zero-order chi connectivity index (χ0) is 24.7. The van der Waals surface area contributed by atoms with E-state index in [0.29, 0.717) is 23.3 Å². The van der Waals surface area contributed by atoms with Gasteiger partial charge in [0.1, 0.15) is 10.8 Å². The zero-order valence-electron chi connectivity index (χ0n) is 20.0. The molecule has 0 amide bonds. The number of para-hydroxylation sites is 1. The van der Waals surface area contributed by atoms with Gasteiger partial charge in [0, 0.05) is 30.7 Å². The molecular weight excluding hydrogens is 466 g/mol. The Hall–Kier alpha value is -3.36. The maximum absolute atomic E-state index is 11.6. The van der Waals surface area contributed by atoms with E-state index in [2.05, 4.69) is 34.4 Å². The highest BCUT2D eigenvalue weighted by Crippen LogP contribution is 2.47. The van der Waals surface area contributed by atoms with Gasteiger partial charge in [0.2, 0.25) is 5.95 Å². The van der Waals surface area contributed by atoms with E-state index in [1.165, 1.54) is 11.1 Å². The van der Waals surface area contributed by atoms with Crippen LogP contribution in [0.15, 0.2) is 42.6 Å². The molecule has 2 aliphatic heterocycles. The molecule has 35 heavy (non-hydrogen) atoms. The number of benzene rings is 2. The number of anilines is 4. The SMILES string of the molecule is COc1cc2c(cc1Nc1ncc(Cl)c(N3CC(C)(CC(=O)O)c4ccccc43)n1)CN(C)CC2. The fourth-order valence-corrected chi connectivity index (χ4v) is 5.33. The Morgan fingerprint density at radius 2 is 2.09 bits per heavy atom. The van der Waals surface area contributed by atoms with Crippen LogP contribution < -0.4 is 15.0 Å². The molecule has 0 saturated carbocycles. The molecular formula is C26H28ClN5O3. The number of hydrogen-bond acceptors (Lipinski definition) is 7. The Morgan fingerprint density at radius 3 is 2.86 bits per heavy atom. The number of aromatic nitrogens is 2. The van der Waals surface area contributed by atoms with Gasteiger partial charge in [0.15, 0.2) is 5.82 Å². The molecule has 8 nitrogen and oxygen atoms in total. The van der Waals surface area contributed by atoms with Crippen LogP contribution >= 0.6 is 11.6 Å². The van der Waals surface area contributed by atoms with Crippen molar-refractivity contribution >= 4 is 40.7 Å². The predicted molar refractivity (Wildman–Crippen MR) is 136 cm³/mol. The summed E-state index contributed by atoms with van der Waals surface area (Å²) in [6.45, 7) is 4.30. The number of aliphatic carboxylic acids is 1. The van der Waals surface area contributed by atoms with Crippen molar-refractivity contribution in [1.29, 1.82) is 0 Å². The van der Waals surface area contributed by atoms with E-state index in [4.69, 9.17) is 21.3 Å². The monoisotopic (exact) mass is 493 g/mol. The lowest BCUT2D eigenvalue weighted by atomic mass is 9.81. The van der Waals surface area contributed by atoms with E-state index < -0.39 is 11.4 Å². The summed E-state index contributed by atoms with van der Waals surface area (Å²) in [5, 5.41) is 13.2. The lowest BCUT2D eigenvalue weighted by Crippen LogP contribution is -2.31. The smallest absolute Gasteiger partial charge is 0.304 e. The van der Waals surface area contributed by atoms with E-state index in [1.807, 2.05) is 36.1 Å². The molecule has 1 unspecified atom stereocenters. The molecule has 3 aromatic rings. The minimum absolute atomic E-state index is 0.00902. The minimum atomic E-state index is -0.842. The van der Waals surface area contributed by atoms with Crippen molar-refractivity contribution in [2.45, 2.75) is 31.7 Å². The Balaban J connectivity index is 1.50. The molecule has 5 rings (SSSR count). The number of carboxylic acids is 1. The number of likely N-dealkylation sites (N-methyl/N-ethyl adjacent to an activating group) is 1. The third kappa shape index (κ3) is 4.39. The molecule has 0 spiro atoms. The van der Waals surface area contributed by atoms with Crippen LogP contribution in [0.1, 0.15) is 30.0 Å². The summed E-state index contributed by atoms with van der Waals surface area (Å²) in [6.07, 6.45) is 2.56. The van der Waals surface area contributed by atoms with Gasteiger partial charge < -0.3 is 25.0 Å². The Labute approximate surface area is 209 Å². The quantitative estimate of drug-likeness (QED) is 0.508. The minimum Gasteiger partial charge on any atom is -0.495 e. The number of fused-ring (bicyclic) bond motifs is 2. The van der Waals surface area contributed by atoms with Crippen LogP contribution in [0, 0.1) is 0 Å². The number of halogens is 1. The van der Waals surface area contributed by atoms with Gasteiger partial charge in [0.25, 0.3) is 0 Å². The third-order valence-electron chi connectivity index (χ3n) is 6.85. The first-order valence-electron chi connectivity index (χ1n) is 11.5. The highest BCUT2D eigenvalue weighted by Gasteiger charge is 2.42. The first kappa shape index (κ1) is 23.4. The molecule has 0 fully saturated rings. The molecule has 0 saturated heterocycles. The molecule has 2 aromatic carbocycles. The standard InChI is InChI=1S/C26H28ClN5O3/c1-26(12-23(33)34)15-32(21-7-5-4-6-18(21)26)24-19(27)13-28-25(30-24)29-20-10-17-14-31(2)9-8-16(17)11-22(20)35-3/h4-7,10-11,13H,8-9,12,14-15H2,1-3H3,(H,33,34)(H,28,29,30).